The van der Waals surface area contributed by atoms with Gasteiger partial charge in [0.2, 0.25) is 0 Å². The SMILES string of the molecule is CC(C)OC(=O)C(CC(F)(F)F)(CC(F)(F)F)P(=O)(O)O. The molecule has 0 bridgehead atoms. The third kappa shape index (κ3) is 6.23. The largest absolute Gasteiger partial charge is 0.462 e. The van der Waals surface area contributed by atoms with Crippen LogP contribution in [0, 0.1) is 0 Å². The van der Waals surface area contributed by atoms with Crippen molar-refractivity contribution in [1.82, 2.24) is 0 Å². The van der Waals surface area contributed by atoms with E-state index in [1.54, 1.807) is 0 Å². The molecule has 5 nitrogen and oxygen atoms in total. The van der Waals surface area contributed by atoms with Crippen LogP contribution in [0.1, 0.15) is 26.7 Å². The molecule has 0 aliphatic carbocycles. The molecule has 0 rings (SSSR count). The minimum Gasteiger partial charge on any atom is -0.462 e. The predicted octanol–water partition coefficient (Wildman–Crippen LogP) is 2.76. The zero-order chi connectivity index (χ0) is 17.3. The number of hydrogen-bond donors (Lipinski definition) is 2. The average molecular weight is 346 g/mol. The van der Waals surface area contributed by atoms with Crippen molar-refractivity contribution >= 4 is 13.6 Å². The fourth-order valence-corrected chi connectivity index (χ4v) is 2.58. The van der Waals surface area contributed by atoms with Crippen molar-refractivity contribution in [2.75, 3.05) is 0 Å². The van der Waals surface area contributed by atoms with Gasteiger partial charge in [0.25, 0.3) is 0 Å². The second kappa shape index (κ2) is 6.13. The summed E-state index contributed by atoms with van der Waals surface area (Å²) in [6.07, 6.45) is -17.3. The van der Waals surface area contributed by atoms with Crippen molar-refractivity contribution in [3.8, 4) is 0 Å². The van der Waals surface area contributed by atoms with Gasteiger partial charge in [-0.3, -0.25) is 9.36 Å². The number of halogens is 6. The first-order valence-electron chi connectivity index (χ1n) is 5.40. The van der Waals surface area contributed by atoms with Gasteiger partial charge in [0.1, 0.15) is 0 Å². The summed E-state index contributed by atoms with van der Waals surface area (Å²) in [6.45, 7) is 2.23. The molecule has 0 aliphatic rings. The van der Waals surface area contributed by atoms with Crippen molar-refractivity contribution in [1.29, 1.82) is 0 Å². The van der Waals surface area contributed by atoms with Gasteiger partial charge in [0, 0.05) is 0 Å². The predicted molar refractivity (Wildman–Crippen MR) is 57.3 cm³/mol. The van der Waals surface area contributed by atoms with E-state index < -0.39 is 50.0 Å². The molecular formula is C9H13F6O5P. The molecule has 0 radical (unpaired) electrons. The molecule has 12 heteroatoms. The lowest BCUT2D eigenvalue weighted by Crippen LogP contribution is -2.47. The highest BCUT2D eigenvalue weighted by molar-refractivity contribution is 7.54. The Morgan fingerprint density at radius 3 is 1.57 bits per heavy atom. The normalized spacial score (nSPS) is 14.4. The molecule has 0 saturated heterocycles. The van der Waals surface area contributed by atoms with Gasteiger partial charge in [-0.15, -0.1) is 0 Å². The van der Waals surface area contributed by atoms with Crippen LogP contribution in [0.4, 0.5) is 26.3 Å². The van der Waals surface area contributed by atoms with Crippen LogP contribution in [0.5, 0.6) is 0 Å². The van der Waals surface area contributed by atoms with E-state index >= 15 is 0 Å². The molecule has 21 heavy (non-hydrogen) atoms. The van der Waals surface area contributed by atoms with Crippen molar-refractivity contribution in [3.63, 3.8) is 0 Å². The Kier molecular flexibility index (Phi) is 5.90. The summed E-state index contributed by atoms with van der Waals surface area (Å²) in [7, 11) is -6.13. The highest BCUT2D eigenvalue weighted by Crippen LogP contribution is 2.60. The average Bonchev–Trinajstić information content (AvgIpc) is 2.08. The first-order valence-corrected chi connectivity index (χ1v) is 7.02. The van der Waals surface area contributed by atoms with Crippen LogP contribution < -0.4 is 0 Å². The van der Waals surface area contributed by atoms with Crippen LogP contribution in [0.2, 0.25) is 0 Å². The lowest BCUT2D eigenvalue weighted by molar-refractivity contribution is -0.187. The van der Waals surface area contributed by atoms with E-state index in [4.69, 9.17) is 9.79 Å². The molecule has 0 aromatic heterocycles. The number of carbonyl (C=O) groups excluding carboxylic acids is 1. The lowest BCUT2D eigenvalue weighted by atomic mass is 9.99. The summed E-state index contributed by atoms with van der Waals surface area (Å²) < 4.78 is 90.0. The Labute approximate surface area is 115 Å². The highest BCUT2D eigenvalue weighted by atomic mass is 31.2. The summed E-state index contributed by atoms with van der Waals surface area (Å²) in [5.41, 5.74) is 0. The molecule has 0 saturated carbocycles. The van der Waals surface area contributed by atoms with Gasteiger partial charge in [0.15, 0.2) is 5.16 Å². The second-order valence-electron chi connectivity index (χ2n) is 4.61. The third-order valence-electron chi connectivity index (χ3n) is 2.27. The van der Waals surface area contributed by atoms with E-state index in [0.717, 1.165) is 13.8 Å². The number of rotatable bonds is 5. The fourth-order valence-electron chi connectivity index (χ4n) is 1.52. The van der Waals surface area contributed by atoms with Crippen LogP contribution in [0.3, 0.4) is 0 Å². The maximum absolute atomic E-state index is 12.4. The van der Waals surface area contributed by atoms with E-state index in [1.807, 2.05) is 0 Å². The lowest BCUT2D eigenvalue weighted by Gasteiger charge is -2.33. The van der Waals surface area contributed by atoms with Crippen molar-refractivity contribution in [2.45, 2.75) is 50.3 Å². The Morgan fingerprint density at radius 1 is 1.05 bits per heavy atom. The number of hydrogen-bond acceptors (Lipinski definition) is 3. The van der Waals surface area contributed by atoms with E-state index in [2.05, 4.69) is 4.74 Å². The monoisotopic (exact) mass is 346 g/mol. The van der Waals surface area contributed by atoms with E-state index in [0.29, 0.717) is 0 Å². The van der Waals surface area contributed by atoms with Gasteiger partial charge in [-0.05, 0) is 13.8 Å². The number of alkyl halides is 6. The van der Waals surface area contributed by atoms with Crippen LogP contribution >= 0.6 is 7.60 Å². The number of ether oxygens (including phenoxy) is 1. The van der Waals surface area contributed by atoms with Gasteiger partial charge in [-0.25, -0.2) is 0 Å². The Morgan fingerprint density at radius 2 is 1.38 bits per heavy atom. The molecule has 0 spiro atoms. The van der Waals surface area contributed by atoms with E-state index in [9.17, 15) is 35.7 Å². The minimum absolute atomic E-state index is 1.11. The molecule has 0 amide bonds. The Balaban J connectivity index is 5.98. The summed E-state index contributed by atoms with van der Waals surface area (Å²) >= 11 is 0. The zero-order valence-electron chi connectivity index (χ0n) is 10.8. The summed E-state index contributed by atoms with van der Waals surface area (Å²) in [5, 5.41) is -4.05. The number of carbonyl (C=O) groups is 1. The topological polar surface area (TPSA) is 83.8 Å². The molecule has 0 unspecified atom stereocenters. The highest BCUT2D eigenvalue weighted by Gasteiger charge is 2.64. The van der Waals surface area contributed by atoms with Gasteiger partial charge in [-0.2, -0.15) is 26.3 Å². The molecule has 126 valence electrons. The van der Waals surface area contributed by atoms with Crippen LogP contribution in [-0.2, 0) is 14.1 Å². The molecule has 0 aliphatic heterocycles. The van der Waals surface area contributed by atoms with Crippen molar-refractivity contribution in [2.24, 2.45) is 0 Å². The van der Waals surface area contributed by atoms with Crippen LogP contribution in [0.15, 0.2) is 0 Å². The smallest absolute Gasteiger partial charge is 0.390 e. The van der Waals surface area contributed by atoms with Crippen LogP contribution in [0.25, 0.3) is 0 Å². The van der Waals surface area contributed by atoms with Crippen molar-refractivity contribution in [3.05, 3.63) is 0 Å². The fraction of sp³-hybridized carbons (Fsp3) is 0.889. The summed E-state index contributed by atoms with van der Waals surface area (Å²) in [4.78, 5) is 29.5. The molecule has 0 aromatic rings. The molecule has 2 N–H and O–H groups in total. The molecular weight excluding hydrogens is 333 g/mol. The molecule has 0 heterocycles. The van der Waals surface area contributed by atoms with E-state index in [-0.39, 0.29) is 0 Å². The van der Waals surface area contributed by atoms with Crippen molar-refractivity contribution < 1.29 is 50.2 Å². The molecule has 0 aromatic carbocycles. The maximum Gasteiger partial charge on any atom is 0.390 e. The molecule has 0 fully saturated rings. The van der Waals surface area contributed by atoms with Crippen LogP contribution in [-0.4, -0.2) is 39.4 Å². The van der Waals surface area contributed by atoms with Gasteiger partial charge < -0.3 is 14.5 Å². The summed E-state index contributed by atoms with van der Waals surface area (Å²) in [6, 6.07) is 0. The molecule has 0 atom stereocenters. The minimum atomic E-state index is -6.13. The van der Waals surface area contributed by atoms with Gasteiger partial charge in [0.05, 0.1) is 18.9 Å². The first kappa shape index (κ1) is 20.2. The number of esters is 1. The zero-order valence-corrected chi connectivity index (χ0v) is 11.7. The van der Waals surface area contributed by atoms with Gasteiger partial charge >= 0.3 is 25.9 Å². The first-order chi connectivity index (χ1) is 9.00. The Hall–Kier alpha value is -0.800. The Bertz CT molecular complexity index is 407. The standard InChI is InChI=1S/C9H13F6O5P/c1-5(2)20-6(16)7(21(17,18)19,3-8(10,11)12)4-9(13,14)15/h5H,3-4H2,1-2H3,(H2,17,18,19). The second-order valence-corrected chi connectivity index (χ2v) is 6.56. The summed E-state index contributed by atoms with van der Waals surface area (Å²) in [5.74, 6) is -2.24. The quantitative estimate of drug-likeness (QED) is 0.454. The maximum atomic E-state index is 12.4. The third-order valence-corrected chi connectivity index (χ3v) is 3.88. The van der Waals surface area contributed by atoms with Gasteiger partial charge in [-0.1, -0.05) is 0 Å². The van der Waals surface area contributed by atoms with E-state index in [1.165, 1.54) is 0 Å².